The molecule has 15 heteroatoms. The Hall–Kier alpha value is -5.10. The average Bonchev–Trinajstić information content (AvgIpc) is 3.57. The normalized spacial score (nSPS) is 23.0. The van der Waals surface area contributed by atoms with E-state index in [0.717, 1.165) is 82.8 Å². The van der Waals surface area contributed by atoms with Crippen molar-refractivity contribution < 1.29 is 28.3 Å². The number of aromatic nitrogens is 1. The van der Waals surface area contributed by atoms with Crippen molar-refractivity contribution in [1.29, 1.82) is 5.26 Å². The summed E-state index contributed by atoms with van der Waals surface area (Å²) in [6.07, 6.45) is 6.78. The number of amides is 3. The fourth-order valence-corrected chi connectivity index (χ4v) is 9.68. The fraction of sp³-hybridized carbons (Fsp3) is 0.500. The van der Waals surface area contributed by atoms with Crippen LogP contribution in [0.25, 0.3) is 0 Å². The third kappa shape index (κ3) is 8.93. The minimum absolute atomic E-state index is 0.0349. The number of hydrogen-bond donors (Lipinski definition) is 1. The highest BCUT2D eigenvalue weighted by molar-refractivity contribution is 6.31. The Balaban J connectivity index is 0.793. The highest BCUT2D eigenvalue weighted by atomic mass is 35.5. The maximum absolute atomic E-state index is 15.4. The molecule has 5 aliphatic rings. The molecule has 2 aromatic carbocycles. The maximum atomic E-state index is 15.4. The van der Waals surface area contributed by atoms with Crippen molar-refractivity contribution in [1.82, 2.24) is 25.0 Å². The minimum atomic E-state index is -0.495. The lowest BCUT2D eigenvalue weighted by atomic mass is 9.92. The van der Waals surface area contributed by atoms with Crippen LogP contribution in [0, 0.1) is 23.1 Å². The standard InChI is InChI=1S/C44H50ClFN8O5/c1-50(39-9-11-42(56)49-43(39)57)25-30-21-40(37(46)20-31(30)27-55)52-18-16-51(17-19-52)24-28-12-14-53(15-13-28)41-10-8-35-38(48-41)26-54(44(35)58)32-3-6-33(7-4-32)59-34-5-2-29(23-47)36(45)22-34/h2,5,8,10,20-22,27-28,32-33,39H,3-4,6-7,9,11-19,24-26H2,1H3,(H,49,56,57). The lowest BCUT2D eigenvalue weighted by molar-refractivity contribution is -0.137. The molecular weight excluding hydrogens is 775 g/mol. The summed E-state index contributed by atoms with van der Waals surface area (Å²) >= 11 is 6.20. The third-order valence-electron chi connectivity index (χ3n) is 12.9. The van der Waals surface area contributed by atoms with Crippen molar-refractivity contribution in [3.8, 4) is 11.8 Å². The van der Waals surface area contributed by atoms with Crippen LogP contribution in [0.3, 0.4) is 0 Å². The quantitative estimate of drug-likeness (QED) is 0.202. The predicted octanol–water partition coefficient (Wildman–Crippen LogP) is 5.18. The van der Waals surface area contributed by atoms with Crippen molar-refractivity contribution in [2.75, 3.05) is 62.7 Å². The monoisotopic (exact) mass is 824 g/mol. The number of nitrogens with zero attached hydrogens (tertiary/aromatic N) is 7. The molecule has 13 nitrogen and oxygen atoms in total. The zero-order valence-corrected chi connectivity index (χ0v) is 34.1. The number of carbonyl (C=O) groups excluding carboxylic acids is 4. The minimum Gasteiger partial charge on any atom is -0.490 e. The van der Waals surface area contributed by atoms with Gasteiger partial charge in [-0.2, -0.15) is 5.26 Å². The number of piperidine rings is 2. The zero-order valence-electron chi connectivity index (χ0n) is 33.4. The number of nitriles is 1. The molecule has 1 aliphatic carbocycles. The highest BCUT2D eigenvalue weighted by Crippen LogP contribution is 2.35. The van der Waals surface area contributed by atoms with Gasteiger partial charge in [0.2, 0.25) is 11.8 Å². The molecule has 3 saturated heterocycles. The number of ether oxygens (including phenoxy) is 1. The molecule has 310 valence electrons. The Kier molecular flexibility index (Phi) is 12.2. The largest absolute Gasteiger partial charge is 0.490 e. The summed E-state index contributed by atoms with van der Waals surface area (Å²) < 4.78 is 21.5. The number of imide groups is 1. The van der Waals surface area contributed by atoms with E-state index in [1.165, 1.54) is 6.07 Å². The van der Waals surface area contributed by atoms with Gasteiger partial charge in [-0.15, -0.1) is 0 Å². The van der Waals surface area contributed by atoms with Gasteiger partial charge in [0.25, 0.3) is 5.91 Å². The van der Waals surface area contributed by atoms with Gasteiger partial charge in [0.15, 0.2) is 0 Å². The smallest absolute Gasteiger partial charge is 0.256 e. The van der Waals surface area contributed by atoms with Crippen molar-refractivity contribution in [2.45, 2.75) is 82.6 Å². The zero-order chi connectivity index (χ0) is 41.2. The second kappa shape index (κ2) is 17.6. The molecule has 3 aromatic rings. The van der Waals surface area contributed by atoms with Crippen LogP contribution in [-0.2, 0) is 22.7 Å². The first-order chi connectivity index (χ1) is 28.6. The first kappa shape index (κ1) is 40.7. The van der Waals surface area contributed by atoms with Crippen LogP contribution in [0.5, 0.6) is 5.75 Å². The van der Waals surface area contributed by atoms with Gasteiger partial charge in [-0.25, -0.2) is 9.37 Å². The molecule has 0 radical (unpaired) electrons. The van der Waals surface area contributed by atoms with Crippen molar-refractivity contribution in [3.05, 3.63) is 81.3 Å². The highest BCUT2D eigenvalue weighted by Gasteiger charge is 2.37. The number of nitrogens with one attached hydrogen (secondary N) is 1. The van der Waals surface area contributed by atoms with E-state index in [9.17, 15) is 19.2 Å². The molecule has 0 spiro atoms. The summed E-state index contributed by atoms with van der Waals surface area (Å²) in [5.74, 6) is 1.11. The number of anilines is 2. The Labute approximate surface area is 349 Å². The molecule has 0 bridgehead atoms. The van der Waals surface area contributed by atoms with Crippen LogP contribution in [0.1, 0.15) is 88.9 Å². The van der Waals surface area contributed by atoms with Crippen LogP contribution in [0.2, 0.25) is 5.02 Å². The van der Waals surface area contributed by atoms with E-state index < -0.39 is 11.9 Å². The third-order valence-corrected chi connectivity index (χ3v) is 13.2. The molecule has 8 rings (SSSR count). The summed E-state index contributed by atoms with van der Waals surface area (Å²) in [6, 6.07) is 13.8. The van der Waals surface area contributed by atoms with Crippen LogP contribution in [-0.4, -0.2) is 115 Å². The summed E-state index contributed by atoms with van der Waals surface area (Å²) in [5, 5.41) is 11.9. The number of aldehydes is 1. The molecule has 1 N–H and O–H groups in total. The van der Waals surface area contributed by atoms with E-state index in [1.807, 2.05) is 26.8 Å². The molecule has 5 heterocycles. The van der Waals surface area contributed by atoms with Gasteiger partial charge in [-0.05, 0) is 99.9 Å². The van der Waals surface area contributed by atoms with Crippen LogP contribution in [0.4, 0.5) is 15.9 Å². The Bertz CT molecular complexity index is 2140. The molecule has 59 heavy (non-hydrogen) atoms. The van der Waals surface area contributed by atoms with E-state index in [1.54, 1.807) is 31.3 Å². The van der Waals surface area contributed by atoms with Crippen molar-refractivity contribution in [3.63, 3.8) is 0 Å². The van der Waals surface area contributed by atoms with Gasteiger partial charge in [-0.1, -0.05) is 11.6 Å². The number of rotatable bonds is 11. The first-order valence-electron chi connectivity index (χ1n) is 20.8. The molecule has 4 aliphatic heterocycles. The molecule has 1 saturated carbocycles. The number of piperazine rings is 1. The second-order valence-corrected chi connectivity index (χ2v) is 17.0. The van der Waals surface area contributed by atoms with Crippen LogP contribution < -0.4 is 19.9 Å². The number of hydrogen-bond acceptors (Lipinski definition) is 11. The van der Waals surface area contributed by atoms with Gasteiger partial charge in [0, 0.05) is 76.5 Å². The van der Waals surface area contributed by atoms with Crippen LogP contribution >= 0.6 is 11.6 Å². The van der Waals surface area contributed by atoms with Gasteiger partial charge in [-0.3, -0.25) is 34.3 Å². The van der Waals surface area contributed by atoms with Gasteiger partial charge in [0.05, 0.1) is 46.2 Å². The Morgan fingerprint density at radius 1 is 0.966 bits per heavy atom. The topological polar surface area (TPSA) is 142 Å². The summed E-state index contributed by atoms with van der Waals surface area (Å²) in [6.45, 7) is 6.51. The molecule has 4 fully saturated rings. The molecule has 3 amide bonds. The van der Waals surface area contributed by atoms with E-state index in [-0.39, 0.29) is 48.4 Å². The SMILES string of the molecule is CN(Cc1cc(N2CCN(CC3CCN(c4ccc5c(n4)CN(C4CCC(Oc6ccc(C#N)c(Cl)c6)CC4)C5=O)CC3)CC2)c(F)cc1C=O)C1CCC(=O)NC1=O. The first-order valence-corrected chi connectivity index (χ1v) is 21.2. The number of likely N-dealkylation sites (N-methyl/N-ethyl adjacent to an activating group) is 1. The Morgan fingerprint density at radius 3 is 2.42 bits per heavy atom. The van der Waals surface area contributed by atoms with Crippen molar-refractivity contribution in [2.24, 2.45) is 5.92 Å². The lowest BCUT2D eigenvalue weighted by Gasteiger charge is -2.40. The van der Waals surface area contributed by atoms with E-state index in [0.29, 0.717) is 71.4 Å². The number of fused-ring (bicyclic) bond motifs is 1. The number of halogens is 2. The molecular formula is C44H50ClFN8O5. The van der Waals surface area contributed by atoms with E-state index in [2.05, 4.69) is 21.2 Å². The second-order valence-electron chi connectivity index (χ2n) is 16.6. The molecule has 1 unspecified atom stereocenters. The van der Waals surface area contributed by atoms with Gasteiger partial charge in [0.1, 0.15) is 29.7 Å². The van der Waals surface area contributed by atoms with Gasteiger partial charge < -0.3 is 19.4 Å². The van der Waals surface area contributed by atoms with E-state index in [4.69, 9.17) is 26.6 Å². The summed E-state index contributed by atoms with van der Waals surface area (Å²) in [4.78, 5) is 65.1. The summed E-state index contributed by atoms with van der Waals surface area (Å²) in [7, 11) is 1.78. The number of benzene rings is 2. The summed E-state index contributed by atoms with van der Waals surface area (Å²) in [5.41, 5.74) is 3.35. The maximum Gasteiger partial charge on any atom is 0.256 e. The fourth-order valence-electron chi connectivity index (χ4n) is 9.46. The average molecular weight is 825 g/mol. The van der Waals surface area contributed by atoms with Crippen LogP contribution in [0.15, 0.2) is 42.5 Å². The number of pyridine rings is 1. The lowest BCUT2D eigenvalue weighted by Crippen LogP contribution is -2.51. The van der Waals surface area contributed by atoms with Crippen molar-refractivity contribution >= 4 is 47.1 Å². The predicted molar refractivity (Wildman–Crippen MR) is 220 cm³/mol. The molecule has 1 atom stereocenters. The number of carbonyl (C=O) groups is 4. The van der Waals surface area contributed by atoms with Gasteiger partial charge >= 0.3 is 0 Å². The molecule has 1 aromatic heterocycles. The van der Waals surface area contributed by atoms with E-state index >= 15 is 4.39 Å². The Morgan fingerprint density at radius 2 is 1.73 bits per heavy atom.